The van der Waals surface area contributed by atoms with Crippen LogP contribution in [0.1, 0.15) is 30.4 Å². The van der Waals surface area contributed by atoms with Gasteiger partial charge in [0.05, 0.1) is 35.3 Å². The van der Waals surface area contributed by atoms with E-state index in [2.05, 4.69) is 15.1 Å². The van der Waals surface area contributed by atoms with Gasteiger partial charge in [-0.05, 0) is 67.1 Å². The monoisotopic (exact) mass is 530 g/mol. The highest BCUT2D eigenvalue weighted by molar-refractivity contribution is 5.65. The fraction of sp³-hybridized carbons (Fsp3) is 0.240. The van der Waals surface area contributed by atoms with Crippen molar-refractivity contribution in [2.24, 2.45) is 11.5 Å². The van der Waals surface area contributed by atoms with Gasteiger partial charge in [0.25, 0.3) is 0 Å². The molecular formula is C25H23F5N8. The van der Waals surface area contributed by atoms with Crippen LogP contribution in [0.3, 0.4) is 0 Å². The van der Waals surface area contributed by atoms with Gasteiger partial charge in [-0.3, -0.25) is 5.73 Å². The van der Waals surface area contributed by atoms with Gasteiger partial charge in [-0.15, -0.1) is 0 Å². The Kier molecular flexibility index (Phi) is 6.59. The second kappa shape index (κ2) is 9.74. The maximum atomic E-state index is 14.6. The maximum absolute atomic E-state index is 14.6. The third kappa shape index (κ3) is 4.95. The molecule has 13 heteroatoms. The second-order valence-electron chi connectivity index (χ2n) is 8.92. The lowest BCUT2D eigenvalue weighted by atomic mass is 10.0. The van der Waals surface area contributed by atoms with Crippen LogP contribution in [-0.4, -0.2) is 43.7 Å². The number of halogens is 5. The van der Waals surface area contributed by atoms with Crippen LogP contribution in [0.15, 0.2) is 67.3 Å². The summed E-state index contributed by atoms with van der Waals surface area (Å²) < 4.78 is 70.1. The molecule has 3 atom stereocenters. The molecule has 0 bridgehead atoms. The molecule has 2 aromatic heterocycles. The Morgan fingerprint density at radius 1 is 0.974 bits per heavy atom. The molecule has 4 N–H and O–H groups in total. The summed E-state index contributed by atoms with van der Waals surface area (Å²) in [6.45, 7) is 0.299. The van der Waals surface area contributed by atoms with E-state index in [0.717, 1.165) is 4.90 Å². The molecule has 0 fully saturated rings. The number of alkyl halides is 3. The van der Waals surface area contributed by atoms with Crippen LogP contribution in [0.4, 0.5) is 27.6 Å². The first-order chi connectivity index (χ1) is 18.0. The molecule has 3 unspecified atom stereocenters. The number of hydrogen-bond acceptors (Lipinski definition) is 7. The number of aromatic nitrogens is 4. The van der Waals surface area contributed by atoms with E-state index in [0.29, 0.717) is 28.2 Å². The quantitative estimate of drug-likeness (QED) is 0.372. The van der Waals surface area contributed by atoms with E-state index in [4.69, 9.17) is 11.5 Å². The summed E-state index contributed by atoms with van der Waals surface area (Å²) in [5.41, 5.74) is 15.0. The highest BCUT2D eigenvalue weighted by atomic mass is 19.4. The molecule has 0 radical (unpaired) electrons. The van der Waals surface area contributed by atoms with Crippen molar-refractivity contribution in [3.63, 3.8) is 0 Å². The van der Waals surface area contributed by atoms with E-state index >= 15 is 0 Å². The number of fused-ring (bicyclic) bond motifs is 1. The minimum absolute atomic E-state index is 0.150. The molecule has 1 aliphatic heterocycles. The summed E-state index contributed by atoms with van der Waals surface area (Å²) in [5.74, 6) is -1.01. The number of hydrogen-bond donors (Lipinski definition) is 2. The molecule has 0 saturated carbocycles. The van der Waals surface area contributed by atoms with E-state index in [1.165, 1.54) is 58.6 Å². The summed E-state index contributed by atoms with van der Waals surface area (Å²) in [4.78, 5) is 10.8. The van der Waals surface area contributed by atoms with Crippen LogP contribution in [0.5, 0.6) is 0 Å². The van der Waals surface area contributed by atoms with Gasteiger partial charge < -0.3 is 10.6 Å². The van der Waals surface area contributed by atoms with Gasteiger partial charge in [0, 0.05) is 5.56 Å². The van der Waals surface area contributed by atoms with Crippen LogP contribution in [-0.2, 0) is 0 Å². The normalized spacial score (nSPS) is 18.9. The lowest BCUT2D eigenvalue weighted by Gasteiger charge is -2.49. The molecule has 0 aliphatic carbocycles. The molecule has 3 heterocycles. The largest absolute Gasteiger partial charge is 0.401 e. The molecule has 5 rings (SSSR count). The lowest BCUT2D eigenvalue weighted by Crippen LogP contribution is -2.63. The minimum Gasteiger partial charge on any atom is -0.335 e. The van der Waals surface area contributed by atoms with Gasteiger partial charge >= 0.3 is 6.18 Å². The zero-order valence-electron chi connectivity index (χ0n) is 20.0. The zero-order valence-corrected chi connectivity index (χ0v) is 20.0. The SMILES string of the molecule is CC(c1cc(F)cc(-n2cncn2)c1)N1c2ccc(-c3ccc(F)cc3)nc2C(N)N(CC(F)(F)F)C1N. The van der Waals surface area contributed by atoms with Gasteiger partial charge in [-0.2, -0.15) is 18.3 Å². The Morgan fingerprint density at radius 3 is 2.37 bits per heavy atom. The maximum Gasteiger partial charge on any atom is 0.401 e. The van der Waals surface area contributed by atoms with Gasteiger partial charge in [0.15, 0.2) is 0 Å². The zero-order chi connectivity index (χ0) is 27.2. The van der Waals surface area contributed by atoms with Crippen molar-refractivity contribution in [1.29, 1.82) is 0 Å². The molecule has 2 aromatic carbocycles. The first-order valence-corrected chi connectivity index (χ1v) is 11.6. The third-order valence-electron chi connectivity index (χ3n) is 6.43. The van der Waals surface area contributed by atoms with Crippen molar-refractivity contribution in [2.75, 3.05) is 11.4 Å². The molecule has 4 aromatic rings. The molecule has 8 nitrogen and oxygen atoms in total. The van der Waals surface area contributed by atoms with Crippen molar-refractivity contribution >= 4 is 5.69 Å². The van der Waals surface area contributed by atoms with Crippen molar-refractivity contribution in [2.45, 2.75) is 31.6 Å². The van der Waals surface area contributed by atoms with Crippen molar-refractivity contribution in [3.05, 3.63) is 90.1 Å². The van der Waals surface area contributed by atoms with Crippen molar-refractivity contribution < 1.29 is 22.0 Å². The van der Waals surface area contributed by atoms with E-state index in [9.17, 15) is 22.0 Å². The number of anilines is 1. The van der Waals surface area contributed by atoms with E-state index < -0.39 is 42.9 Å². The molecule has 1 aliphatic rings. The van der Waals surface area contributed by atoms with Crippen LogP contribution in [0, 0.1) is 11.6 Å². The highest BCUT2D eigenvalue weighted by Gasteiger charge is 2.44. The first kappa shape index (κ1) is 25.7. The van der Waals surface area contributed by atoms with Gasteiger partial charge in [0.2, 0.25) is 0 Å². The minimum atomic E-state index is -4.60. The van der Waals surface area contributed by atoms with Crippen LogP contribution >= 0.6 is 0 Å². The highest BCUT2D eigenvalue weighted by Crippen LogP contribution is 2.41. The Balaban J connectivity index is 1.61. The van der Waals surface area contributed by atoms with Crippen molar-refractivity contribution in [1.82, 2.24) is 24.6 Å². The van der Waals surface area contributed by atoms with Crippen LogP contribution in [0.2, 0.25) is 0 Å². The third-order valence-corrected chi connectivity index (χ3v) is 6.43. The number of rotatable bonds is 5. The van der Waals surface area contributed by atoms with E-state index in [1.54, 1.807) is 25.1 Å². The Morgan fingerprint density at radius 2 is 1.71 bits per heavy atom. The summed E-state index contributed by atoms with van der Waals surface area (Å²) in [7, 11) is 0. The van der Waals surface area contributed by atoms with E-state index in [-0.39, 0.29) is 5.69 Å². The summed E-state index contributed by atoms with van der Waals surface area (Å²) in [6, 6.07) is 12.3. The van der Waals surface area contributed by atoms with Crippen LogP contribution < -0.4 is 16.4 Å². The molecule has 0 spiro atoms. The smallest absolute Gasteiger partial charge is 0.335 e. The Bertz CT molecular complexity index is 1420. The van der Waals surface area contributed by atoms with Gasteiger partial charge in [-0.25, -0.2) is 28.3 Å². The molecule has 38 heavy (non-hydrogen) atoms. The molecule has 0 amide bonds. The summed E-state index contributed by atoms with van der Waals surface area (Å²) >= 11 is 0. The van der Waals surface area contributed by atoms with Crippen molar-refractivity contribution in [3.8, 4) is 16.9 Å². The fourth-order valence-corrected chi connectivity index (χ4v) is 4.62. The molecular weight excluding hydrogens is 507 g/mol. The number of nitrogens with two attached hydrogens (primary N) is 2. The average molecular weight is 531 g/mol. The molecule has 198 valence electrons. The second-order valence-corrected chi connectivity index (χ2v) is 8.92. The van der Waals surface area contributed by atoms with Gasteiger partial charge in [-0.1, -0.05) is 0 Å². The number of nitrogens with zero attached hydrogens (tertiary/aromatic N) is 6. The van der Waals surface area contributed by atoms with E-state index in [1.807, 2.05) is 0 Å². The van der Waals surface area contributed by atoms with Crippen LogP contribution in [0.25, 0.3) is 16.9 Å². The molecule has 0 saturated heterocycles. The Hall–Kier alpha value is -3.94. The standard InChI is InChI=1S/C25H23F5N8/c1-14(16-8-18(27)10-19(9-16)37-13-33-12-34-37)38-21-7-6-20(15-2-4-17(26)5-3-15)35-22(21)23(31)36(24(38)32)11-25(28,29)30/h2-10,12-14,23-24H,11,31-32H2,1H3. The first-order valence-electron chi connectivity index (χ1n) is 11.6. The number of pyridine rings is 1. The fourth-order valence-electron chi connectivity index (χ4n) is 4.62. The average Bonchev–Trinajstić information content (AvgIpc) is 3.41. The lowest BCUT2D eigenvalue weighted by molar-refractivity contribution is -0.158. The predicted octanol–water partition coefficient (Wildman–Crippen LogP) is 4.25. The predicted molar refractivity (Wildman–Crippen MR) is 130 cm³/mol. The summed E-state index contributed by atoms with van der Waals surface area (Å²) in [6.07, 6.45) is -4.51. The topological polar surface area (TPSA) is 102 Å². The number of benzene rings is 2. The Labute approximate surface area is 214 Å². The van der Waals surface area contributed by atoms with Gasteiger partial charge in [0.1, 0.15) is 36.7 Å². The summed E-state index contributed by atoms with van der Waals surface area (Å²) in [5, 5.41) is 4.02.